The lowest BCUT2D eigenvalue weighted by atomic mass is 10.1. The van der Waals surface area contributed by atoms with Gasteiger partial charge in [-0.3, -0.25) is 4.90 Å². The van der Waals surface area contributed by atoms with Crippen LogP contribution in [0.1, 0.15) is 16.7 Å². The minimum atomic E-state index is -4.38. The van der Waals surface area contributed by atoms with Gasteiger partial charge in [0.25, 0.3) is 0 Å². The Morgan fingerprint density at radius 2 is 1.88 bits per heavy atom. The fourth-order valence-corrected chi connectivity index (χ4v) is 1.71. The highest BCUT2D eigenvalue weighted by Crippen LogP contribution is 2.33. The number of rotatable bonds is 0. The molecule has 0 radical (unpaired) electrons. The standard InChI is InChI=1S/C10H8F3NO2/c11-10(12,13)8-2-1-6-4-14(9(15)16)5-7(6)3-8/h1-3H,4-5H2,(H,15,16). The molecular formula is C10H8F3NO2. The van der Waals surface area contributed by atoms with Crippen LogP contribution in [0.15, 0.2) is 18.2 Å². The third-order valence-corrected chi connectivity index (χ3v) is 2.53. The molecule has 6 heteroatoms. The van der Waals surface area contributed by atoms with Crippen molar-refractivity contribution in [1.82, 2.24) is 4.90 Å². The van der Waals surface area contributed by atoms with Gasteiger partial charge in [0.2, 0.25) is 0 Å². The van der Waals surface area contributed by atoms with Crippen LogP contribution in [0.25, 0.3) is 0 Å². The Kier molecular flexibility index (Phi) is 2.29. The highest BCUT2D eigenvalue weighted by molar-refractivity contribution is 5.66. The van der Waals surface area contributed by atoms with E-state index in [1.54, 1.807) is 0 Å². The van der Waals surface area contributed by atoms with Crippen LogP contribution in [0.4, 0.5) is 18.0 Å². The molecule has 1 amide bonds. The highest BCUT2D eigenvalue weighted by atomic mass is 19.4. The first-order chi connectivity index (χ1) is 7.38. The third-order valence-electron chi connectivity index (χ3n) is 2.53. The number of carboxylic acid groups (broad SMARTS) is 1. The molecule has 1 N–H and O–H groups in total. The SMILES string of the molecule is O=C(O)N1Cc2ccc(C(F)(F)F)cc2C1. The molecule has 0 spiro atoms. The number of amides is 1. The normalized spacial score (nSPS) is 15.1. The molecule has 3 nitrogen and oxygen atoms in total. The van der Waals surface area contributed by atoms with Gasteiger partial charge in [0.1, 0.15) is 0 Å². The number of hydrogen-bond acceptors (Lipinski definition) is 1. The molecule has 1 aromatic carbocycles. The highest BCUT2D eigenvalue weighted by Gasteiger charge is 2.32. The molecule has 16 heavy (non-hydrogen) atoms. The van der Waals surface area contributed by atoms with Gasteiger partial charge < -0.3 is 5.11 Å². The van der Waals surface area contributed by atoms with Gasteiger partial charge in [0.05, 0.1) is 5.56 Å². The van der Waals surface area contributed by atoms with E-state index < -0.39 is 17.8 Å². The molecule has 1 heterocycles. The molecule has 1 aliphatic heterocycles. The largest absolute Gasteiger partial charge is 0.465 e. The van der Waals surface area contributed by atoms with Gasteiger partial charge in [0, 0.05) is 13.1 Å². The molecule has 2 rings (SSSR count). The Balaban J connectivity index is 2.31. The number of alkyl halides is 3. The zero-order valence-corrected chi connectivity index (χ0v) is 8.08. The molecule has 0 saturated carbocycles. The number of nitrogens with zero attached hydrogens (tertiary/aromatic N) is 1. The third kappa shape index (κ3) is 1.82. The Bertz CT molecular complexity index is 442. The molecule has 0 fully saturated rings. The average Bonchev–Trinajstić information content (AvgIpc) is 2.58. The minimum absolute atomic E-state index is 0.0224. The smallest absolute Gasteiger partial charge is 0.416 e. The number of benzene rings is 1. The van der Waals surface area contributed by atoms with E-state index in [1.807, 2.05) is 0 Å². The lowest BCUT2D eigenvalue weighted by Crippen LogP contribution is -2.22. The molecular weight excluding hydrogens is 223 g/mol. The second kappa shape index (κ2) is 3.40. The quantitative estimate of drug-likeness (QED) is 0.745. The van der Waals surface area contributed by atoms with Crippen LogP contribution in [-0.4, -0.2) is 16.1 Å². The van der Waals surface area contributed by atoms with Gasteiger partial charge in [-0.1, -0.05) is 6.07 Å². The Labute approximate surface area is 89.1 Å². The Morgan fingerprint density at radius 1 is 1.25 bits per heavy atom. The summed E-state index contributed by atoms with van der Waals surface area (Å²) in [7, 11) is 0. The van der Waals surface area contributed by atoms with E-state index in [9.17, 15) is 18.0 Å². The average molecular weight is 231 g/mol. The first kappa shape index (κ1) is 10.8. The van der Waals surface area contributed by atoms with Gasteiger partial charge in [-0.25, -0.2) is 4.79 Å². The summed E-state index contributed by atoms with van der Waals surface area (Å²) >= 11 is 0. The van der Waals surface area contributed by atoms with Crippen LogP contribution in [-0.2, 0) is 19.3 Å². The fraction of sp³-hybridized carbons (Fsp3) is 0.300. The molecule has 0 unspecified atom stereocenters. The van der Waals surface area contributed by atoms with Crippen LogP contribution in [0.5, 0.6) is 0 Å². The molecule has 0 atom stereocenters. The Morgan fingerprint density at radius 3 is 2.44 bits per heavy atom. The first-order valence-electron chi connectivity index (χ1n) is 4.55. The van der Waals surface area contributed by atoms with Crippen molar-refractivity contribution >= 4 is 6.09 Å². The molecule has 1 aromatic rings. The predicted octanol–water partition coefficient (Wildman–Crippen LogP) is 2.70. The van der Waals surface area contributed by atoms with Crippen LogP contribution >= 0.6 is 0 Å². The van der Waals surface area contributed by atoms with E-state index in [1.165, 1.54) is 6.07 Å². The van der Waals surface area contributed by atoms with Gasteiger partial charge in [0.15, 0.2) is 0 Å². The zero-order valence-electron chi connectivity index (χ0n) is 8.08. The first-order valence-corrected chi connectivity index (χ1v) is 4.55. The molecule has 0 aliphatic carbocycles. The number of carbonyl (C=O) groups is 1. The predicted molar refractivity (Wildman–Crippen MR) is 48.7 cm³/mol. The van der Waals surface area contributed by atoms with Crippen molar-refractivity contribution in [2.75, 3.05) is 0 Å². The summed E-state index contributed by atoms with van der Waals surface area (Å²) in [5.41, 5.74) is 0.325. The molecule has 0 aromatic heterocycles. The van der Waals surface area contributed by atoms with Crippen molar-refractivity contribution in [1.29, 1.82) is 0 Å². The van der Waals surface area contributed by atoms with Crippen LogP contribution < -0.4 is 0 Å². The molecule has 0 saturated heterocycles. The monoisotopic (exact) mass is 231 g/mol. The molecule has 0 bridgehead atoms. The summed E-state index contributed by atoms with van der Waals surface area (Å²) in [4.78, 5) is 11.7. The van der Waals surface area contributed by atoms with E-state index in [4.69, 9.17) is 5.11 Å². The Hall–Kier alpha value is -1.72. The van der Waals surface area contributed by atoms with Crippen molar-refractivity contribution in [2.45, 2.75) is 19.3 Å². The summed E-state index contributed by atoms with van der Waals surface area (Å²) in [6, 6.07) is 3.32. The molecule has 1 aliphatic rings. The fourth-order valence-electron chi connectivity index (χ4n) is 1.71. The van der Waals surface area contributed by atoms with E-state index in [-0.39, 0.29) is 13.1 Å². The van der Waals surface area contributed by atoms with Crippen molar-refractivity contribution in [3.8, 4) is 0 Å². The van der Waals surface area contributed by atoms with Gasteiger partial charge >= 0.3 is 12.3 Å². The number of fused-ring (bicyclic) bond motifs is 1. The van der Waals surface area contributed by atoms with Gasteiger partial charge in [-0.15, -0.1) is 0 Å². The number of halogens is 3. The maximum absolute atomic E-state index is 12.4. The summed E-state index contributed by atoms with van der Waals surface area (Å²) in [5.74, 6) is 0. The summed E-state index contributed by atoms with van der Waals surface area (Å²) in [6.45, 7) is 0.178. The van der Waals surface area contributed by atoms with Crippen molar-refractivity contribution in [3.05, 3.63) is 34.9 Å². The topological polar surface area (TPSA) is 40.5 Å². The lowest BCUT2D eigenvalue weighted by molar-refractivity contribution is -0.137. The summed E-state index contributed by atoms with van der Waals surface area (Å²) < 4.78 is 37.1. The van der Waals surface area contributed by atoms with Crippen molar-refractivity contribution in [2.24, 2.45) is 0 Å². The van der Waals surface area contributed by atoms with Crippen LogP contribution in [0.2, 0.25) is 0 Å². The summed E-state index contributed by atoms with van der Waals surface area (Å²) in [5, 5.41) is 8.72. The summed E-state index contributed by atoms with van der Waals surface area (Å²) in [6.07, 6.45) is -5.50. The van der Waals surface area contributed by atoms with E-state index >= 15 is 0 Å². The zero-order chi connectivity index (χ0) is 11.9. The van der Waals surface area contributed by atoms with Gasteiger partial charge in [-0.2, -0.15) is 13.2 Å². The van der Waals surface area contributed by atoms with Crippen LogP contribution in [0, 0.1) is 0 Å². The number of hydrogen-bond donors (Lipinski definition) is 1. The maximum Gasteiger partial charge on any atom is 0.416 e. The van der Waals surface area contributed by atoms with E-state index in [0.29, 0.717) is 11.1 Å². The second-order valence-corrected chi connectivity index (χ2v) is 3.62. The van der Waals surface area contributed by atoms with E-state index in [0.717, 1.165) is 17.0 Å². The minimum Gasteiger partial charge on any atom is -0.465 e. The van der Waals surface area contributed by atoms with Crippen LogP contribution in [0.3, 0.4) is 0 Å². The lowest BCUT2D eigenvalue weighted by Gasteiger charge is -2.08. The van der Waals surface area contributed by atoms with Crippen molar-refractivity contribution in [3.63, 3.8) is 0 Å². The van der Waals surface area contributed by atoms with Crippen molar-refractivity contribution < 1.29 is 23.1 Å². The van der Waals surface area contributed by atoms with Gasteiger partial charge in [-0.05, 0) is 23.3 Å². The van der Waals surface area contributed by atoms with E-state index in [2.05, 4.69) is 0 Å². The second-order valence-electron chi connectivity index (χ2n) is 3.62. The molecule has 86 valence electrons. The maximum atomic E-state index is 12.4.